The quantitative estimate of drug-likeness (QED) is 0.784. The summed E-state index contributed by atoms with van der Waals surface area (Å²) >= 11 is 1.36. The molecular weight excluding hydrogens is 281 g/mol. The van der Waals surface area contributed by atoms with Gasteiger partial charge < -0.3 is 9.05 Å². The normalized spacial score (nSPS) is 12.7. The fraction of sp³-hybridized carbons (Fsp3) is 0.462. The minimum Gasteiger partial charge on any atom is -0.301 e. The van der Waals surface area contributed by atoms with Gasteiger partial charge in [0.25, 0.3) is 0 Å². The van der Waals surface area contributed by atoms with Crippen LogP contribution in [0.25, 0.3) is 10.2 Å². The average Bonchev–Trinajstić information content (AvgIpc) is 2.70. The lowest BCUT2D eigenvalue weighted by Crippen LogP contribution is -2.16. The van der Waals surface area contributed by atoms with E-state index in [4.69, 9.17) is 9.05 Å². The van der Waals surface area contributed by atoms with Crippen LogP contribution in [0.3, 0.4) is 0 Å². The van der Waals surface area contributed by atoms with Crippen LogP contribution in [0.2, 0.25) is 0 Å². The van der Waals surface area contributed by atoms with E-state index in [1.165, 1.54) is 11.3 Å². The van der Waals surface area contributed by atoms with Gasteiger partial charge in [0.1, 0.15) is 0 Å². The largest absolute Gasteiger partial charge is 0.390 e. The van der Waals surface area contributed by atoms with Crippen molar-refractivity contribution in [2.45, 2.75) is 39.9 Å². The summed E-state index contributed by atoms with van der Waals surface area (Å²) in [5.41, 5.74) is 0.822. The number of fused-ring (bicyclic) bond motifs is 1. The van der Waals surface area contributed by atoms with Crippen molar-refractivity contribution in [3.63, 3.8) is 0 Å². The van der Waals surface area contributed by atoms with Gasteiger partial charge in [-0.1, -0.05) is 12.1 Å². The molecule has 19 heavy (non-hydrogen) atoms. The van der Waals surface area contributed by atoms with Gasteiger partial charge in [-0.15, -0.1) is 11.3 Å². The predicted octanol–water partition coefficient (Wildman–Crippen LogP) is 3.96. The van der Waals surface area contributed by atoms with Crippen molar-refractivity contribution in [2.24, 2.45) is 0 Å². The van der Waals surface area contributed by atoms with E-state index in [2.05, 4.69) is 4.98 Å². The lowest BCUT2D eigenvalue weighted by atomic mass is 10.3. The van der Waals surface area contributed by atoms with Gasteiger partial charge in [-0.3, -0.25) is 4.57 Å². The first-order valence-electron chi connectivity index (χ1n) is 6.23. The summed E-state index contributed by atoms with van der Waals surface area (Å²) in [6.45, 7) is 7.35. The van der Waals surface area contributed by atoms with E-state index in [0.717, 1.165) is 10.2 Å². The Balaban J connectivity index is 2.44. The highest BCUT2D eigenvalue weighted by Crippen LogP contribution is 2.50. The van der Waals surface area contributed by atoms with Gasteiger partial charge >= 0.3 is 7.60 Å². The smallest absolute Gasteiger partial charge is 0.301 e. The van der Waals surface area contributed by atoms with Gasteiger partial charge in [0.05, 0.1) is 22.4 Å². The Morgan fingerprint density at radius 3 is 2.21 bits per heavy atom. The zero-order valence-corrected chi connectivity index (χ0v) is 13.2. The molecule has 1 aromatic heterocycles. The summed E-state index contributed by atoms with van der Waals surface area (Å²) < 4.78 is 25.4. The van der Waals surface area contributed by atoms with E-state index < -0.39 is 7.60 Å². The first-order chi connectivity index (χ1) is 8.90. The van der Waals surface area contributed by atoms with Crippen LogP contribution in [0.4, 0.5) is 0 Å². The lowest BCUT2D eigenvalue weighted by molar-refractivity contribution is 0.150. The molecule has 0 bridgehead atoms. The molecule has 0 saturated carbocycles. The predicted molar refractivity (Wildman–Crippen MR) is 79.3 cm³/mol. The highest BCUT2D eigenvalue weighted by molar-refractivity contribution is 7.69. The molecule has 0 atom stereocenters. The van der Waals surface area contributed by atoms with Crippen molar-refractivity contribution >= 4 is 33.9 Å². The van der Waals surface area contributed by atoms with Gasteiger partial charge in [0.15, 0.2) is 0 Å². The standard InChI is InChI=1S/C13H18NO3PS/c1-9(2)16-18(15,17-10(3)4)13-14-11-7-5-6-8-12(11)19-13/h5-10H,1-4H3. The first-order valence-corrected chi connectivity index (χ1v) is 8.59. The van der Waals surface area contributed by atoms with Crippen molar-refractivity contribution in [3.8, 4) is 0 Å². The minimum atomic E-state index is -3.35. The van der Waals surface area contributed by atoms with Crippen LogP contribution in [0.5, 0.6) is 0 Å². The maximum absolute atomic E-state index is 12.9. The van der Waals surface area contributed by atoms with Crippen LogP contribution in [0.15, 0.2) is 24.3 Å². The molecule has 0 N–H and O–H groups in total. The zero-order valence-electron chi connectivity index (χ0n) is 11.5. The second-order valence-electron chi connectivity index (χ2n) is 4.77. The Hall–Kier alpha value is -0.740. The molecule has 0 amide bonds. The van der Waals surface area contributed by atoms with E-state index >= 15 is 0 Å². The number of hydrogen-bond donors (Lipinski definition) is 0. The first kappa shape index (κ1) is 14.7. The SMILES string of the molecule is CC(C)OP(=O)(OC(C)C)c1nc2ccccc2s1. The second-order valence-corrected chi connectivity index (χ2v) is 7.94. The number of hydrogen-bond acceptors (Lipinski definition) is 5. The number of benzene rings is 1. The summed E-state index contributed by atoms with van der Waals surface area (Å²) in [6.07, 6.45) is -0.367. The maximum atomic E-state index is 12.9. The minimum absolute atomic E-state index is 0.184. The maximum Gasteiger partial charge on any atom is 0.390 e. The van der Waals surface area contributed by atoms with Gasteiger partial charge in [-0.2, -0.15) is 0 Å². The number of thiazole rings is 1. The van der Waals surface area contributed by atoms with Crippen LogP contribution in [-0.2, 0) is 13.6 Å². The fourth-order valence-corrected chi connectivity index (χ4v) is 4.92. The van der Waals surface area contributed by atoms with Crippen molar-refractivity contribution in [2.75, 3.05) is 0 Å². The average molecular weight is 299 g/mol. The number of nitrogens with zero attached hydrogens (tertiary/aromatic N) is 1. The van der Waals surface area contributed by atoms with Crippen LogP contribution in [0, 0.1) is 0 Å². The molecule has 1 heterocycles. The molecule has 1 aromatic carbocycles. The van der Waals surface area contributed by atoms with E-state index in [1.54, 1.807) is 0 Å². The molecule has 4 nitrogen and oxygen atoms in total. The van der Waals surface area contributed by atoms with E-state index in [1.807, 2.05) is 52.0 Å². The molecule has 2 rings (SSSR count). The molecular formula is C13H18NO3PS. The molecule has 6 heteroatoms. The monoisotopic (exact) mass is 299 g/mol. The zero-order chi connectivity index (χ0) is 14.0. The van der Waals surface area contributed by atoms with Gasteiger partial charge in [0, 0.05) is 0 Å². The third kappa shape index (κ3) is 3.42. The number of para-hydroxylation sites is 1. The highest BCUT2D eigenvalue weighted by Gasteiger charge is 2.34. The van der Waals surface area contributed by atoms with Crippen LogP contribution in [0.1, 0.15) is 27.7 Å². The Kier molecular flexibility index (Phi) is 4.41. The van der Waals surface area contributed by atoms with Crippen LogP contribution < -0.4 is 4.75 Å². The summed E-state index contributed by atoms with van der Waals surface area (Å²) in [4.78, 5) is 4.40. The number of rotatable bonds is 5. The summed E-state index contributed by atoms with van der Waals surface area (Å²) in [6, 6.07) is 7.68. The fourth-order valence-electron chi connectivity index (χ4n) is 1.65. The topological polar surface area (TPSA) is 48.4 Å². The van der Waals surface area contributed by atoms with E-state index in [0.29, 0.717) is 4.75 Å². The van der Waals surface area contributed by atoms with Crippen LogP contribution in [-0.4, -0.2) is 17.2 Å². The molecule has 0 saturated heterocycles. The third-order valence-electron chi connectivity index (χ3n) is 2.22. The number of aromatic nitrogens is 1. The molecule has 0 radical (unpaired) electrons. The van der Waals surface area contributed by atoms with Crippen molar-refractivity contribution in [3.05, 3.63) is 24.3 Å². The molecule has 0 fully saturated rings. The Morgan fingerprint density at radius 2 is 1.68 bits per heavy atom. The summed E-state index contributed by atoms with van der Waals surface area (Å²) in [7, 11) is -3.35. The molecule has 0 spiro atoms. The van der Waals surface area contributed by atoms with Crippen molar-refractivity contribution in [1.29, 1.82) is 0 Å². The van der Waals surface area contributed by atoms with Crippen molar-refractivity contribution < 1.29 is 13.6 Å². The van der Waals surface area contributed by atoms with E-state index in [-0.39, 0.29) is 12.2 Å². The molecule has 2 aromatic rings. The van der Waals surface area contributed by atoms with Crippen molar-refractivity contribution in [1.82, 2.24) is 4.98 Å². The third-order valence-corrected chi connectivity index (χ3v) is 5.97. The summed E-state index contributed by atoms with van der Waals surface area (Å²) in [5, 5.41) is 0. The van der Waals surface area contributed by atoms with Crippen LogP contribution >= 0.6 is 18.9 Å². The Morgan fingerprint density at radius 1 is 1.11 bits per heavy atom. The molecule has 0 aliphatic heterocycles. The Bertz CT molecular complexity index is 562. The Labute approximate surface area is 117 Å². The molecule has 104 valence electrons. The highest BCUT2D eigenvalue weighted by atomic mass is 32.1. The molecule has 0 unspecified atom stereocenters. The summed E-state index contributed by atoms with van der Waals surface area (Å²) in [5.74, 6) is 0. The molecule has 0 aliphatic carbocycles. The molecule has 0 aliphatic rings. The van der Waals surface area contributed by atoms with Gasteiger partial charge in [-0.25, -0.2) is 4.98 Å². The second kappa shape index (κ2) is 5.71. The lowest BCUT2D eigenvalue weighted by Gasteiger charge is -2.20. The van der Waals surface area contributed by atoms with Gasteiger partial charge in [-0.05, 0) is 39.8 Å². The van der Waals surface area contributed by atoms with Gasteiger partial charge in [0.2, 0.25) is 4.75 Å². The van der Waals surface area contributed by atoms with E-state index in [9.17, 15) is 4.57 Å².